The van der Waals surface area contributed by atoms with Crippen LogP contribution in [0.15, 0.2) is 36.7 Å². The van der Waals surface area contributed by atoms with E-state index in [1.54, 1.807) is 15.8 Å². The first kappa shape index (κ1) is 16.8. The van der Waals surface area contributed by atoms with E-state index < -0.39 is 11.5 Å². The maximum Gasteiger partial charge on any atom is 0.249 e. The van der Waals surface area contributed by atoms with Gasteiger partial charge in [0.1, 0.15) is 12.0 Å². The number of anilines is 1. The molecule has 2 amide bonds. The number of aromatic nitrogens is 2. The quantitative estimate of drug-likeness (QED) is 0.905. The highest BCUT2D eigenvalue weighted by molar-refractivity contribution is 6.07. The molecule has 26 heavy (non-hydrogen) atoms. The summed E-state index contributed by atoms with van der Waals surface area (Å²) in [6.07, 6.45) is 4.20. The van der Waals surface area contributed by atoms with Gasteiger partial charge in [-0.05, 0) is 25.0 Å². The highest BCUT2D eigenvalue weighted by atomic mass is 16.5. The molecule has 7 nitrogen and oxygen atoms in total. The van der Waals surface area contributed by atoms with E-state index >= 15 is 0 Å². The molecule has 0 radical (unpaired) electrons. The van der Waals surface area contributed by atoms with E-state index in [4.69, 9.17) is 4.74 Å². The molecular formula is C19H22N4O3. The van der Waals surface area contributed by atoms with Gasteiger partial charge in [0, 0.05) is 37.6 Å². The van der Waals surface area contributed by atoms with Crippen LogP contribution in [0.1, 0.15) is 30.5 Å². The van der Waals surface area contributed by atoms with Crippen molar-refractivity contribution in [2.45, 2.75) is 24.8 Å². The van der Waals surface area contributed by atoms with Gasteiger partial charge >= 0.3 is 0 Å². The lowest BCUT2D eigenvalue weighted by Crippen LogP contribution is -2.43. The Morgan fingerprint density at radius 2 is 2.23 bits per heavy atom. The first-order valence-corrected chi connectivity index (χ1v) is 8.84. The third-order valence-corrected chi connectivity index (χ3v) is 5.38. The third-order valence-electron chi connectivity index (χ3n) is 5.38. The minimum atomic E-state index is -0.790. The van der Waals surface area contributed by atoms with Crippen LogP contribution in [0.25, 0.3) is 0 Å². The molecule has 1 aromatic heterocycles. The highest BCUT2D eigenvalue weighted by Crippen LogP contribution is 2.54. The average Bonchev–Trinajstić information content (AvgIpc) is 3.31. The molecule has 3 heterocycles. The van der Waals surface area contributed by atoms with Gasteiger partial charge in [-0.1, -0.05) is 18.2 Å². The smallest absolute Gasteiger partial charge is 0.249 e. The number of fused-ring (bicyclic) bond motifs is 2. The number of para-hydroxylation sites is 1. The lowest BCUT2D eigenvalue weighted by atomic mass is 9.73. The summed E-state index contributed by atoms with van der Waals surface area (Å²) in [4.78, 5) is 27.7. The van der Waals surface area contributed by atoms with Gasteiger partial charge < -0.3 is 15.0 Å². The zero-order valence-electron chi connectivity index (χ0n) is 14.9. The fraction of sp³-hybridized carbons (Fsp3) is 0.421. The molecule has 2 aromatic rings. The molecule has 1 saturated heterocycles. The predicted molar refractivity (Wildman–Crippen MR) is 95.5 cm³/mol. The van der Waals surface area contributed by atoms with Crippen molar-refractivity contribution < 1.29 is 14.3 Å². The maximum atomic E-state index is 13.1. The molecule has 1 fully saturated rings. The summed E-state index contributed by atoms with van der Waals surface area (Å²) in [5, 5.41) is 7.27. The Morgan fingerprint density at radius 1 is 1.42 bits per heavy atom. The topological polar surface area (TPSA) is 76.5 Å². The largest absolute Gasteiger partial charge is 0.372 e. The minimum absolute atomic E-state index is 0.0204. The Labute approximate surface area is 151 Å². The van der Waals surface area contributed by atoms with Crippen molar-refractivity contribution in [1.29, 1.82) is 0 Å². The second kappa shape index (κ2) is 6.25. The average molecular weight is 354 g/mol. The van der Waals surface area contributed by atoms with Crippen LogP contribution in [-0.2, 0) is 26.8 Å². The van der Waals surface area contributed by atoms with Crippen molar-refractivity contribution in [2.75, 3.05) is 25.1 Å². The number of rotatable bonds is 4. The summed E-state index contributed by atoms with van der Waals surface area (Å²) < 4.78 is 7.03. The highest BCUT2D eigenvalue weighted by Gasteiger charge is 2.59. The van der Waals surface area contributed by atoms with Gasteiger partial charge in [0.2, 0.25) is 11.8 Å². The number of hydrogen-bond acceptors (Lipinski definition) is 4. The van der Waals surface area contributed by atoms with Crippen LogP contribution in [0.2, 0.25) is 0 Å². The van der Waals surface area contributed by atoms with Gasteiger partial charge in [-0.25, -0.2) is 0 Å². The Bertz CT molecular complexity index is 862. The molecule has 0 aliphatic carbocycles. The summed E-state index contributed by atoms with van der Waals surface area (Å²) in [5.41, 5.74) is 1.85. The predicted octanol–water partition coefficient (Wildman–Crippen LogP) is 1.62. The molecular weight excluding hydrogens is 332 g/mol. The van der Waals surface area contributed by atoms with Gasteiger partial charge in [0.05, 0.1) is 12.2 Å². The van der Waals surface area contributed by atoms with E-state index in [-0.39, 0.29) is 18.4 Å². The van der Waals surface area contributed by atoms with Crippen LogP contribution in [0.5, 0.6) is 0 Å². The standard InChI is InChI=1S/C19H22N4O3/c1-3-26-12-16(24)23-9-8-19(17(23)13-10-20-22(2)11-13)14-6-4-5-7-15(14)21-18(19)25/h4-7,10-11,17H,3,8-9,12H2,1-2H3,(H,21,25)/t17-,19+/m0/s1. The Hall–Kier alpha value is -2.67. The number of carbonyl (C=O) groups excluding carboxylic acids is 2. The molecule has 2 aliphatic heterocycles. The molecule has 2 aliphatic rings. The van der Waals surface area contributed by atoms with Gasteiger partial charge in [-0.3, -0.25) is 14.3 Å². The van der Waals surface area contributed by atoms with Gasteiger partial charge in [0.25, 0.3) is 0 Å². The summed E-state index contributed by atoms with van der Waals surface area (Å²) in [5.74, 6) is -0.158. The van der Waals surface area contributed by atoms with Gasteiger partial charge in [-0.2, -0.15) is 5.10 Å². The van der Waals surface area contributed by atoms with Crippen LogP contribution >= 0.6 is 0 Å². The van der Waals surface area contributed by atoms with E-state index in [0.717, 1.165) is 16.8 Å². The summed E-state index contributed by atoms with van der Waals surface area (Å²) in [6, 6.07) is 7.34. The Balaban J connectivity index is 1.82. The number of likely N-dealkylation sites (tertiary alicyclic amines) is 1. The van der Waals surface area contributed by atoms with Crippen molar-refractivity contribution in [3.8, 4) is 0 Å². The van der Waals surface area contributed by atoms with E-state index in [9.17, 15) is 9.59 Å². The third kappa shape index (κ3) is 2.34. The van der Waals surface area contributed by atoms with Crippen molar-refractivity contribution >= 4 is 17.5 Å². The summed E-state index contributed by atoms with van der Waals surface area (Å²) in [6.45, 7) is 2.86. The molecule has 1 aromatic carbocycles. The van der Waals surface area contributed by atoms with E-state index in [1.807, 2.05) is 44.4 Å². The van der Waals surface area contributed by atoms with Crippen LogP contribution < -0.4 is 5.32 Å². The lowest BCUT2D eigenvalue weighted by Gasteiger charge is -2.33. The first-order chi connectivity index (χ1) is 12.6. The van der Waals surface area contributed by atoms with E-state index in [0.29, 0.717) is 19.6 Å². The molecule has 1 spiro atoms. The van der Waals surface area contributed by atoms with Crippen LogP contribution in [0.3, 0.4) is 0 Å². The van der Waals surface area contributed by atoms with Crippen LogP contribution in [0.4, 0.5) is 5.69 Å². The zero-order valence-corrected chi connectivity index (χ0v) is 14.9. The molecule has 1 N–H and O–H groups in total. The normalized spacial score (nSPS) is 24.2. The number of carbonyl (C=O) groups is 2. The summed E-state index contributed by atoms with van der Waals surface area (Å²) in [7, 11) is 1.83. The van der Waals surface area contributed by atoms with Crippen LogP contribution in [0, 0.1) is 0 Å². The number of hydrogen-bond donors (Lipinski definition) is 1. The Morgan fingerprint density at radius 3 is 2.96 bits per heavy atom. The molecule has 0 bridgehead atoms. The number of benzene rings is 1. The number of nitrogens with one attached hydrogen (secondary N) is 1. The van der Waals surface area contributed by atoms with Crippen molar-refractivity contribution in [3.05, 3.63) is 47.8 Å². The van der Waals surface area contributed by atoms with Crippen molar-refractivity contribution in [1.82, 2.24) is 14.7 Å². The molecule has 0 unspecified atom stereocenters. The van der Waals surface area contributed by atoms with Crippen molar-refractivity contribution in [2.24, 2.45) is 7.05 Å². The fourth-order valence-corrected chi connectivity index (χ4v) is 4.27. The zero-order chi connectivity index (χ0) is 18.3. The van der Waals surface area contributed by atoms with Gasteiger partial charge in [-0.15, -0.1) is 0 Å². The van der Waals surface area contributed by atoms with Crippen LogP contribution in [-0.4, -0.2) is 46.3 Å². The number of aryl methyl sites for hydroxylation is 1. The SMILES string of the molecule is CCOCC(=O)N1CC[C@]2(C(=O)Nc3ccccc32)[C@@H]1c1cnn(C)c1. The first-order valence-electron chi connectivity index (χ1n) is 8.84. The van der Waals surface area contributed by atoms with E-state index in [2.05, 4.69) is 10.4 Å². The van der Waals surface area contributed by atoms with E-state index in [1.165, 1.54) is 0 Å². The van der Waals surface area contributed by atoms with Gasteiger partial charge in [0.15, 0.2) is 0 Å². The molecule has 0 saturated carbocycles. The fourth-order valence-electron chi connectivity index (χ4n) is 4.27. The molecule has 2 atom stereocenters. The molecule has 136 valence electrons. The minimum Gasteiger partial charge on any atom is -0.372 e. The Kier molecular flexibility index (Phi) is 4.03. The van der Waals surface area contributed by atoms with Crippen molar-refractivity contribution in [3.63, 3.8) is 0 Å². The molecule has 4 rings (SSSR count). The number of ether oxygens (including phenoxy) is 1. The second-order valence-corrected chi connectivity index (χ2v) is 6.80. The number of nitrogens with zero attached hydrogens (tertiary/aromatic N) is 3. The summed E-state index contributed by atoms with van der Waals surface area (Å²) >= 11 is 0. The maximum absolute atomic E-state index is 13.1. The lowest BCUT2D eigenvalue weighted by molar-refractivity contribution is -0.138. The molecule has 7 heteroatoms. The monoisotopic (exact) mass is 354 g/mol. The number of amides is 2. The second-order valence-electron chi connectivity index (χ2n) is 6.80.